The van der Waals surface area contributed by atoms with E-state index in [0.717, 1.165) is 5.92 Å². The molecule has 1 saturated carbocycles. The van der Waals surface area contributed by atoms with E-state index >= 15 is 0 Å². The molecule has 1 aliphatic carbocycles. The van der Waals surface area contributed by atoms with Gasteiger partial charge in [0.25, 0.3) is 0 Å². The third-order valence-electron chi connectivity index (χ3n) is 1.92. The van der Waals surface area contributed by atoms with E-state index < -0.39 is 0 Å². The van der Waals surface area contributed by atoms with Crippen LogP contribution in [0, 0.1) is 3.57 Å². The van der Waals surface area contributed by atoms with Crippen LogP contribution in [0.15, 0.2) is 24.3 Å². The molecule has 0 amide bonds. The Bertz CT molecular complexity index is 221. The molecule has 1 aromatic carbocycles. The van der Waals surface area contributed by atoms with Crippen molar-refractivity contribution in [2.45, 2.75) is 18.8 Å². The minimum absolute atomic E-state index is 0.900. The summed E-state index contributed by atoms with van der Waals surface area (Å²) in [6.45, 7) is 0. The summed E-state index contributed by atoms with van der Waals surface area (Å²) in [6, 6.07) is 8.88. The number of rotatable bonds is 1. The first-order chi connectivity index (χ1) is 4.86. The Labute approximate surface area is 74.8 Å². The number of hydrogen-bond acceptors (Lipinski definition) is 0. The molecule has 0 aliphatic heterocycles. The molecular formula is C9H9I. The van der Waals surface area contributed by atoms with Crippen molar-refractivity contribution in [2.75, 3.05) is 0 Å². The van der Waals surface area contributed by atoms with E-state index in [0.29, 0.717) is 0 Å². The van der Waals surface area contributed by atoms with Gasteiger partial charge in [0.05, 0.1) is 0 Å². The fourth-order valence-electron chi connectivity index (χ4n) is 1.15. The van der Waals surface area contributed by atoms with E-state index in [2.05, 4.69) is 46.9 Å². The number of halogens is 1. The van der Waals surface area contributed by atoms with Gasteiger partial charge in [0.15, 0.2) is 0 Å². The van der Waals surface area contributed by atoms with Gasteiger partial charge >= 0.3 is 0 Å². The summed E-state index contributed by atoms with van der Waals surface area (Å²) in [7, 11) is 0. The SMILES string of the molecule is Ic1ccc(C2CC2)cc1. The minimum Gasteiger partial charge on any atom is -0.0577 e. The largest absolute Gasteiger partial charge is 0.0577 e. The van der Waals surface area contributed by atoms with Crippen LogP contribution in [0.5, 0.6) is 0 Å². The third kappa shape index (κ3) is 1.34. The van der Waals surface area contributed by atoms with Crippen molar-refractivity contribution < 1.29 is 0 Å². The van der Waals surface area contributed by atoms with Crippen molar-refractivity contribution >= 4 is 22.6 Å². The molecule has 1 aromatic rings. The minimum atomic E-state index is 0.900. The Balaban J connectivity index is 2.28. The van der Waals surface area contributed by atoms with Crippen LogP contribution in [0.1, 0.15) is 24.3 Å². The molecule has 1 aliphatic rings. The molecule has 52 valence electrons. The lowest BCUT2D eigenvalue weighted by atomic mass is 10.1. The van der Waals surface area contributed by atoms with Crippen molar-refractivity contribution in [2.24, 2.45) is 0 Å². The van der Waals surface area contributed by atoms with E-state index in [1.165, 1.54) is 22.0 Å². The van der Waals surface area contributed by atoms with Crippen LogP contribution >= 0.6 is 22.6 Å². The molecule has 0 aromatic heterocycles. The Morgan fingerprint density at radius 1 is 1.10 bits per heavy atom. The standard InChI is InChI=1S/C9H9I/c10-9-5-3-8(4-6-9)7-1-2-7/h3-7H,1-2H2. The number of benzene rings is 1. The maximum Gasteiger partial charge on any atom is 0.0130 e. The van der Waals surface area contributed by atoms with Gasteiger partial charge in [-0.3, -0.25) is 0 Å². The second kappa shape index (κ2) is 2.53. The van der Waals surface area contributed by atoms with E-state index in [4.69, 9.17) is 0 Å². The molecule has 0 saturated heterocycles. The molecule has 2 rings (SSSR count). The Morgan fingerprint density at radius 2 is 1.70 bits per heavy atom. The fraction of sp³-hybridized carbons (Fsp3) is 0.333. The molecule has 1 fully saturated rings. The van der Waals surface area contributed by atoms with Gasteiger partial charge < -0.3 is 0 Å². The first kappa shape index (κ1) is 6.65. The second-order valence-corrected chi connectivity index (χ2v) is 4.07. The molecule has 0 N–H and O–H groups in total. The summed E-state index contributed by atoms with van der Waals surface area (Å²) in [6.07, 6.45) is 2.81. The molecule has 0 radical (unpaired) electrons. The molecule has 0 unspecified atom stereocenters. The summed E-state index contributed by atoms with van der Waals surface area (Å²) < 4.78 is 1.34. The maximum atomic E-state index is 2.34. The first-order valence-corrected chi connectivity index (χ1v) is 4.69. The molecule has 0 atom stereocenters. The van der Waals surface area contributed by atoms with Crippen LogP contribution < -0.4 is 0 Å². The lowest BCUT2D eigenvalue weighted by Crippen LogP contribution is -1.77. The zero-order valence-corrected chi connectivity index (χ0v) is 7.84. The molecule has 0 nitrogen and oxygen atoms in total. The number of hydrogen-bond donors (Lipinski definition) is 0. The zero-order valence-electron chi connectivity index (χ0n) is 5.68. The van der Waals surface area contributed by atoms with Gasteiger partial charge in [0.1, 0.15) is 0 Å². The Kier molecular flexibility index (Phi) is 1.68. The third-order valence-corrected chi connectivity index (χ3v) is 2.64. The highest BCUT2D eigenvalue weighted by Crippen LogP contribution is 2.39. The zero-order chi connectivity index (χ0) is 6.97. The van der Waals surface area contributed by atoms with Crippen LogP contribution in [-0.4, -0.2) is 0 Å². The topological polar surface area (TPSA) is 0 Å². The van der Waals surface area contributed by atoms with E-state index in [1.54, 1.807) is 0 Å². The summed E-state index contributed by atoms with van der Waals surface area (Å²) >= 11 is 2.34. The van der Waals surface area contributed by atoms with Crippen molar-refractivity contribution in [3.05, 3.63) is 33.4 Å². The van der Waals surface area contributed by atoms with E-state index in [1.807, 2.05) is 0 Å². The fourth-order valence-corrected chi connectivity index (χ4v) is 1.51. The monoisotopic (exact) mass is 244 g/mol. The maximum absolute atomic E-state index is 2.34. The lowest BCUT2D eigenvalue weighted by molar-refractivity contribution is 1.13. The van der Waals surface area contributed by atoms with E-state index in [9.17, 15) is 0 Å². The van der Waals surface area contributed by atoms with Gasteiger partial charge in [-0.05, 0) is 59.0 Å². The van der Waals surface area contributed by atoms with Crippen LogP contribution in [-0.2, 0) is 0 Å². The smallest absolute Gasteiger partial charge is 0.0130 e. The van der Waals surface area contributed by atoms with Crippen molar-refractivity contribution in [3.63, 3.8) is 0 Å². The van der Waals surface area contributed by atoms with Gasteiger partial charge in [-0.1, -0.05) is 12.1 Å². The summed E-state index contributed by atoms with van der Waals surface area (Å²) in [5.41, 5.74) is 1.53. The average Bonchev–Trinajstić information content (AvgIpc) is 2.71. The molecule has 0 heterocycles. The molecule has 1 heteroatoms. The van der Waals surface area contributed by atoms with Gasteiger partial charge in [0, 0.05) is 3.57 Å². The Morgan fingerprint density at radius 3 is 2.20 bits per heavy atom. The van der Waals surface area contributed by atoms with Crippen LogP contribution in [0.2, 0.25) is 0 Å². The van der Waals surface area contributed by atoms with E-state index in [-0.39, 0.29) is 0 Å². The lowest BCUT2D eigenvalue weighted by Gasteiger charge is -1.95. The highest BCUT2D eigenvalue weighted by Gasteiger charge is 2.22. The van der Waals surface area contributed by atoms with Crippen LogP contribution in [0.4, 0.5) is 0 Å². The molecule has 0 bridgehead atoms. The second-order valence-electron chi connectivity index (χ2n) is 2.83. The van der Waals surface area contributed by atoms with Crippen LogP contribution in [0.25, 0.3) is 0 Å². The summed E-state index contributed by atoms with van der Waals surface area (Å²) in [5, 5.41) is 0. The van der Waals surface area contributed by atoms with Crippen molar-refractivity contribution in [1.82, 2.24) is 0 Å². The summed E-state index contributed by atoms with van der Waals surface area (Å²) in [4.78, 5) is 0. The van der Waals surface area contributed by atoms with Gasteiger partial charge in [-0.2, -0.15) is 0 Å². The van der Waals surface area contributed by atoms with Gasteiger partial charge in [0.2, 0.25) is 0 Å². The molecule has 10 heavy (non-hydrogen) atoms. The summed E-state index contributed by atoms with van der Waals surface area (Å²) in [5.74, 6) is 0.900. The predicted octanol–water partition coefficient (Wildman–Crippen LogP) is 3.17. The van der Waals surface area contributed by atoms with Gasteiger partial charge in [-0.25, -0.2) is 0 Å². The van der Waals surface area contributed by atoms with Crippen LogP contribution in [0.3, 0.4) is 0 Å². The van der Waals surface area contributed by atoms with Crippen molar-refractivity contribution in [1.29, 1.82) is 0 Å². The quantitative estimate of drug-likeness (QED) is 0.665. The Hall–Kier alpha value is -0.0500. The predicted molar refractivity (Wildman–Crippen MR) is 51.1 cm³/mol. The first-order valence-electron chi connectivity index (χ1n) is 3.62. The average molecular weight is 244 g/mol. The van der Waals surface area contributed by atoms with Gasteiger partial charge in [-0.15, -0.1) is 0 Å². The highest BCUT2D eigenvalue weighted by molar-refractivity contribution is 14.1. The normalized spacial score (nSPS) is 17.3. The highest BCUT2D eigenvalue weighted by atomic mass is 127. The molecular weight excluding hydrogens is 235 g/mol. The molecule has 0 spiro atoms. The van der Waals surface area contributed by atoms with Crippen molar-refractivity contribution in [3.8, 4) is 0 Å².